The van der Waals surface area contributed by atoms with Gasteiger partial charge in [0.25, 0.3) is 17.4 Å². The van der Waals surface area contributed by atoms with E-state index in [4.69, 9.17) is 0 Å². The maximum Gasteiger partial charge on any atom is 0.273 e. The molecule has 2 atom stereocenters. The monoisotopic (exact) mass is 493 g/mol. The number of amides is 2. The first-order valence-corrected chi connectivity index (χ1v) is 12.6. The molecule has 0 bridgehead atoms. The molecule has 2 aliphatic rings. The number of H-pyrrole nitrogens is 1. The lowest BCUT2D eigenvalue weighted by molar-refractivity contribution is 0.0139. The number of rotatable bonds is 5. The number of nitrogens with one attached hydrogen (secondary N) is 1. The van der Waals surface area contributed by atoms with Gasteiger partial charge < -0.3 is 9.80 Å². The Balaban J connectivity index is 1.58. The average Bonchev–Trinajstić information content (AvgIpc) is 3.28. The molecule has 2 amide bonds. The highest BCUT2D eigenvalue weighted by Crippen LogP contribution is 2.34. The highest BCUT2D eigenvalue weighted by molar-refractivity contribution is 6.10. The van der Waals surface area contributed by atoms with Crippen LogP contribution in [0, 0.1) is 5.92 Å². The lowest BCUT2D eigenvalue weighted by Crippen LogP contribution is -2.58. The molecule has 3 heterocycles. The van der Waals surface area contributed by atoms with Crippen molar-refractivity contribution in [3.63, 3.8) is 0 Å². The third-order valence-corrected chi connectivity index (χ3v) is 7.80. The van der Waals surface area contributed by atoms with E-state index < -0.39 is 24.0 Å². The number of alkyl halides is 1. The van der Waals surface area contributed by atoms with Gasteiger partial charge in [-0.3, -0.25) is 23.9 Å². The van der Waals surface area contributed by atoms with Crippen LogP contribution in [0.5, 0.6) is 0 Å². The van der Waals surface area contributed by atoms with Gasteiger partial charge in [-0.05, 0) is 31.2 Å². The Hall–Kier alpha value is -3.49. The summed E-state index contributed by atoms with van der Waals surface area (Å²) in [5, 5.41) is 2.80. The Morgan fingerprint density at radius 2 is 1.83 bits per heavy atom. The molecule has 1 saturated carbocycles. The Morgan fingerprint density at radius 1 is 1.14 bits per heavy atom. The number of aromatic amines is 1. The molecule has 5 rings (SSSR count). The van der Waals surface area contributed by atoms with E-state index in [-0.39, 0.29) is 35.4 Å². The summed E-state index contributed by atoms with van der Waals surface area (Å²) in [5.41, 5.74) is 2.21. The van der Waals surface area contributed by atoms with Crippen LogP contribution in [0.25, 0.3) is 16.9 Å². The number of carbonyl (C=O) groups excluding carboxylic acids is 2. The van der Waals surface area contributed by atoms with E-state index in [1.807, 2.05) is 12.1 Å². The fourth-order valence-corrected chi connectivity index (χ4v) is 5.41. The second kappa shape index (κ2) is 9.52. The molecule has 1 N–H and O–H groups in total. The van der Waals surface area contributed by atoms with Crippen molar-refractivity contribution in [1.82, 2.24) is 24.4 Å². The zero-order chi connectivity index (χ0) is 25.6. The topological polar surface area (TPSA) is 90.8 Å². The second-order valence-corrected chi connectivity index (χ2v) is 10.3. The molecule has 36 heavy (non-hydrogen) atoms. The highest BCUT2D eigenvalue weighted by Gasteiger charge is 2.41. The molecule has 3 aromatic rings. The molecule has 9 heteroatoms. The number of halogens is 1. The lowest BCUT2D eigenvalue weighted by Gasteiger charge is -2.45. The van der Waals surface area contributed by atoms with Crippen molar-refractivity contribution in [3.8, 4) is 11.3 Å². The zero-order valence-electron chi connectivity index (χ0n) is 21.0. The molecule has 8 nitrogen and oxygen atoms in total. The maximum absolute atomic E-state index is 13.6. The number of hydrogen-bond acceptors (Lipinski definition) is 4. The van der Waals surface area contributed by atoms with E-state index in [0.29, 0.717) is 11.6 Å². The third kappa shape index (κ3) is 4.10. The van der Waals surface area contributed by atoms with Crippen molar-refractivity contribution in [1.29, 1.82) is 0 Å². The highest BCUT2D eigenvalue weighted by atomic mass is 19.1. The van der Waals surface area contributed by atoms with Gasteiger partial charge in [-0.2, -0.15) is 0 Å². The van der Waals surface area contributed by atoms with Gasteiger partial charge in [0, 0.05) is 44.2 Å². The van der Waals surface area contributed by atoms with Crippen molar-refractivity contribution < 1.29 is 14.0 Å². The van der Waals surface area contributed by atoms with Gasteiger partial charge in [0.1, 0.15) is 11.3 Å². The van der Waals surface area contributed by atoms with Crippen LogP contribution in [-0.2, 0) is 0 Å². The number of nitrogens with zero attached hydrogens (tertiary/aromatic N) is 4. The first kappa shape index (κ1) is 24.2. The van der Waals surface area contributed by atoms with Crippen molar-refractivity contribution in [2.75, 3.05) is 27.3 Å². The van der Waals surface area contributed by atoms with E-state index >= 15 is 0 Å². The molecule has 1 aromatic carbocycles. The minimum atomic E-state index is -0.513. The number of likely N-dealkylation sites (tertiary alicyclic amines) is 1. The zero-order valence-corrected chi connectivity index (χ0v) is 21.0. The van der Waals surface area contributed by atoms with Crippen LogP contribution in [0.2, 0.25) is 0 Å². The van der Waals surface area contributed by atoms with Gasteiger partial charge in [0.15, 0.2) is 5.65 Å². The van der Waals surface area contributed by atoms with Crippen LogP contribution in [0.15, 0.2) is 35.1 Å². The molecular weight excluding hydrogens is 461 g/mol. The summed E-state index contributed by atoms with van der Waals surface area (Å²) in [5.74, 6) is -0.556. The maximum atomic E-state index is 13.6. The number of fused-ring (bicyclic) bond motifs is 1. The van der Waals surface area contributed by atoms with E-state index in [1.54, 1.807) is 21.0 Å². The Bertz CT molecular complexity index is 1350. The molecule has 2 aromatic heterocycles. The summed E-state index contributed by atoms with van der Waals surface area (Å²) < 4.78 is 14.4. The van der Waals surface area contributed by atoms with Gasteiger partial charge >= 0.3 is 0 Å². The standard InChI is InChI=1S/C27H32FN5O3/c1-16-20(14-28)15-32(16)26(35)23-24(27(36)31(2)3)30-33-22(34)13-21(29-25(23)33)19-11-9-18(10-12-19)17-7-5-4-6-8-17/h9-13,16-17,20,30H,4-8,14-15H2,1-3H3/t16-,20-/m0/s1. The van der Waals surface area contributed by atoms with Crippen molar-refractivity contribution >= 4 is 17.5 Å². The summed E-state index contributed by atoms with van der Waals surface area (Å²) in [6.07, 6.45) is 6.19. The number of carbonyl (C=O) groups is 2. The molecule has 0 spiro atoms. The summed E-state index contributed by atoms with van der Waals surface area (Å²) in [6, 6.07) is 9.22. The molecule has 0 unspecified atom stereocenters. The summed E-state index contributed by atoms with van der Waals surface area (Å²) >= 11 is 0. The summed E-state index contributed by atoms with van der Waals surface area (Å²) in [7, 11) is 3.14. The van der Waals surface area contributed by atoms with Crippen LogP contribution in [0.3, 0.4) is 0 Å². The minimum absolute atomic E-state index is 0.00436. The summed E-state index contributed by atoms with van der Waals surface area (Å²) in [6.45, 7) is 1.53. The Kier molecular flexibility index (Phi) is 6.40. The molecular formula is C27H32FN5O3. The normalized spacial score (nSPS) is 20.4. The minimum Gasteiger partial charge on any atom is -0.343 e. The fourth-order valence-electron chi connectivity index (χ4n) is 5.41. The molecule has 1 aliphatic heterocycles. The molecule has 0 radical (unpaired) electrons. The third-order valence-electron chi connectivity index (χ3n) is 7.80. The van der Waals surface area contributed by atoms with Crippen molar-refractivity contribution in [2.45, 2.75) is 51.0 Å². The Morgan fingerprint density at radius 3 is 2.44 bits per heavy atom. The second-order valence-electron chi connectivity index (χ2n) is 10.3. The van der Waals surface area contributed by atoms with E-state index in [1.165, 1.54) is 53.5 Å². The van der Waals surface area contributed by atoms with Crippen LogP contribution < -0.4 is 5.56 Å². The average molecular weight is 494 g/mol. The van der Waals surface area contributed by atoms with Crippen molar-refractivity contribution in [3.05, 3.63) is 57.5 Å². The first-order chi connectivity index (χ1) is 17.3. The largest absolute Gasteiger partial charge is 0.343 e. The van der Waals surface area contributed by atoms with Crippen LogP contribution >= 0.6 is 0 Å². The molecule has 190 valence electrons. The van der Waals surface area contributed by atoms with E-state index in [0.717, 1.165) is 10.1 Å². The predicted octanol–water partition coefficient (Wildman–Crippen LogP) is 3.87. The SMILES string of the molecule is C[C@H]1[C@@H](CF)CN1C(=O)c1c(C(=O)N(C)C)[nH]n2c(=O)cc(-c3ccc(C4CCCCC4)cc3)nc12. The van der Waals surface area contributed by atoms with Crippen molar-refractivity contribution in [2.24, 2.45) is 5.92 Å². The van der Waals surface area contributed by atoms with Crippen LogP contribution in [-0.4, -0.2) is 69.6 Å². The molecule has 1 aliphatic carbocycles. The van der Waals surface area contributed by atoms with E-state index in [2.05, 4.69) is 22.2 Å². The lowest BCUT2D eigenvalue weighted by atomic mass is 9.84. The summed E-state index contributed by atoms with van der Waals surface area (Å²) in [4.78, 5) is 47.1. The smallest absolute Gasteiger partial charge is 0.273 e. The number of hydrogen-bond donors (Lipinski definition) is 1. The van der Waals surface area contributed by atoms with Gasteiger partial charge in [-0.15, -0.1) is 0 Å². The predicted molar refractivity (Wildman–Crippen MR) is 135 cm³/mol. The number of aromatic nitrogens is 3. The van der Waals surface area contributed by atoms with Gasteiger partial charge in [-0.1, -0.05) is 43.5 Å². The van der Waals surface area contributed by atoms with Crippen LogP contribution in [0.1, 0.15) is 71.4 Å². The fraction of sp³-hybridized carbons (Fsp3) is 0.481. The molecule has 1 saturated heterocycles. The van der Waals surface area contributed by atoms with Gasteiger partial charge in [0.2, 0.25) is 0 Å². The molecule has 2 fully saturated rings. The quantitative estimate of drug-likeness (QED) is 0.584. The van der Waals surface area contributed by atoms with Gasteiger partial charge in [-0.25, -0.2) is 9.50 Å². The van der Waals surface area contributed by atoms with Crippen LogP contribution in [0.4, 0.5) is 4.39 Å². The van der Waals surface area contributed by atoms with E-state index in [9.17, 15) is 18.8 Å². The Labute approximate surface area is 209 Å². The number of benzene rings is 1. The van der Waals surface area contributed by atoms with Gasteiger partial charge in [0.05, 0.1) is 12.4 Å². The first-order valence-electron chi connectivity index (χ1n) is 12.6.